The van der Waals surface area contributed by atoms with Gasteiger partial charge in [0, 0.05) is 12.6 Å². The smallest absolute Gasteiger partial charge is 0.348 e. The molecule has 1 aliphatic rings. The Morgan fingerprint density at radius 2 is 1.91 bits per heavy atom. The average molecular weight is 484 g/mol. The summed E-state index contributed by atoms with van der Waals surface area (Å²) in [4.78, 5) is 57.8. The minimum atomic E-state index is -0.864. The number of aryl methyl sites for hydroxylation is 1. The van der Waals surface area contributed by atoms with Gasteiger partial charge in [-0.1, -0.05) is 0 Å². The molecule has 0 saturated heterocycles. The summed E-state index contributed by atoms with van der Waals surface area (Å²) in [6.45, 7) is 8.45. The third-order valence-corrected chi connectivity index (χ3v) is 6.97. The van der Waals surface area contributed by atoms with E-state index in [-0.39, 0.29) is 17.8 Å². The molecule has 1 amide bonds. The Hall–Kier alpha value is -3.53. The maximum absolute atomic E-state index is 13.3. The van der Waals surface area contributed by atoms with Crippen molar-refractivity contribution in [2.45, 2.75) is 52.9 Å². The van der Waals surface area contributed by atoms with E-state index in [2.05, 4.69) is 4.98 Å². The zero-order chi connectivity index (χ0) is 24.9. The van der Waals surface area contributed by atoms with Gasteiger partial charge in [0.25, 0.3) is 11.5 Å². The lowest BCUT2D eigenvalue weighted by Gasteiger charge is -2.30. The molecule has 0 spiro atoms. The van der Waals surface area contributed by atoms with Gasteiger partial charge in [0.1, 0.15) is 15.5 Å². The number of ketones is 1. The van der Waals surface area contributed by atoms with E-state index >= 15 is 0 Å². The van der Waals surface area contributed by atoms with Gasteiger partial charge in [-0.25, -0.2) is 9.78 Å². The fourth-order valence-electron chi connectivity index (χ4n) is 3.91. The maximum Gasteiger partial charge on any atom is 0.348 e. The Labute approximate surface area is 199 Å². The van der Waals surface area contributed by atoms with E-state index in [0.717, 1.165) is 11.3 Å². The van der Waals surface area contributed by atoms with Gasteiger partial charge in [0.05, 0.1) is 29.5 Å². The summed E-state index contributed by atoms with van der Waals surface area (Å²) in [6.07, 6.45) is 0.421. The Kier molecular flexibility index (Phi) is 6.03. The first-order valence-electron chi connectivity index (χ1n) is 10.8. The summed E-state index contributed by atoms with van der Waals surface area (Å²) < 4.78 is 12.1. The largest absolute Gasteiger partial charge is 0.479 e. The van der Waals surface area contributed by atoms with Crippen LogP contribution in [0.1, 0.15) is 59.3 Å². The molecule has 0 bridgehead atoms. The molecule has 0 saturated carbocycles. The van der Waals surface area contributed by atoms with E-state index in [1.54, 1.807) is 59.9 Å². The number of benzene rings is 1. The SMILES string of the molecule is Cc1c(C(=O)OC(C)C)sc2ncn(C(C)C(=O)c3ccc4c(c3)N(C)C(=O)C(C)O4)c(=O)c12. The minimum Gasteiger partial charge on any atom is -0.479 e. The first-order valence-corrected chi connectivity index (χ1v) is 11.7. The third kappa shape index (κ3) is 3.87. The second-order valence-corrected chi connectivity index (χ2v) is 9.53. The van der Waals surface area contributed by atoms with E-state index in [4.69, 9.17) is 9.47 Å². The van der Waals surface area contributed by atoms with Gasteiger partial charge >= 0.3 is 5.97 Å². The van der Waals surface area contributed by atoms with Crippen molar-refractivity contribution in [2.24, 2.45) is 0 Å². The fraction of sp³-hybridized carbons (Fsp3) is 0.375. The molecule has 178 valence electrons. The van der Waals surface area contributed by atoms with Crippen LogP contribution in [-0.4, -0.2) is 46.5 Å². The lowest BCUT2D eigenvalue weighted by molar-refractivity contribution is -0.125. The number of likely N-dealkylation sites (N-methyl/N-ethyl adjacent to an activating group) is 1. The summed E-state index contributed by atoms with van der Waals surface area (Å²) in [5.41, 5.74) is 0.895. The van der Waals surface area contributed by atoms with Gasteiger partial charge in [0.2, 0.25) is 0 Å². The molecule has 3 heterocycles. The lowest BCUT2D eigenvalue weighted by Crippen LogP contribution is -2.42. The number of carbonyl (C=O) groups is 3. The number of thiophene rings is 1. The molecule has 10 heteroatoms. The van der Waals surface area contributed by atoms with Gasteiger partial charge in [-0.2, -0.15) is 0 Å². The van der Waals surface area contributed by atoms with Crippen LogP contribution in [0.15, 0.2) is 29.3 Å². The molecule has 2 aromatic heterocycles. The van der Waals surface area contributed by atoms with Crippen molar-refractivity contribution in [1.82, 2.24) is 9.55 Å². The molecule has 34 heavy (non-hydrogen) atoms. The number of esters is 1. The van der Waals surface area contributed by atoms with Gasteiger partial charge in [-0.05, 0) is 58.4 Å². The topological polar surface area (TPSA) is 108 Å². The van der Waals surface area contributed by atoms with Crippen LogP contribution in [0.4, 0.5) is 5.69 Å². The highest BCUT2D eigenvalue weighted by Crippen LogP contribution is 2.35. The van der Waals surface area contributed by atoms with Crippen molar-refractivity contribution in [3.8, 4) is 5.75 Å². The van der Waals surface area contributed by atoms with Crippen molar-refractivity contribution < 1.29 is 23.9 Å². The predicted octanol–water partition coefficient (Wildman–Crippen LogP) is 3.52. The van der Waals surface area contributed by atoms with Crippen LogP contribution in [-0.2, 0) is 9.53 Å². The standard InChI is InChI=1S/C24H25N3O6S/c1-11(2)32-24(31)20-12(3)18-21(34-20)25-10-27(23(18)30)13(4)19(28)15-7-8-17-16(9-15)26(6)22(29)14(5)33-17/h7-11,13-14H,1-6H3. The van der Waals surface area contributed by atoms with Crippen LogP contribution in [0.5, 0.6) is 5.75 Å². The Morgan fingerprint density at radius 1 is 1.21 bits per heavy atom. The zero-order valence-electron chi connectivity index (χ0n) is 19.7. The fourth-order valence-corrected chi connectivity index (χ4v) is 4.93. The molecule has 0 radical (unpaired) electrons. The lowest BCUT2D eigenvalue weighted by atomic mass is 10.0. The highest BCUT2D eigenvalue weighted by atomic mass is 32.1. The number of amides is 1. The summed E-state index contributed by atoms with van der Waals surface area (Å²) in [7, 11) is 1.63. The number of aromatic nitrogens is 2. The second-order valence-electron chi connectivity index (χ2n) is 8.53. The Balaban J connectivity index is 1.70. The summed E-state index contributed by atoms with van der Waals surface area (Å²) in [5.74, 6) is -0.530. The van der Waals surface area contributed by atoms with E-state index in [0.29, 0.717) is 37.7 Å². The van der Waals surface area contributed by atoms with Crippen LogP contribution in [0.25, 0.3) is 10.2 Å². The summed E-state index contributed by atoms with van der Waals surface area (Å²) in [5, 5.41) is 0.293. The maximum atomic E-state index is 13.3. The molecule has 1 aromatic carbocycles. The molecule has 3 aromatic rings. The number of rotatable bonds is 5. The number of Topliss-reactive ketones (excluding diaryl/α,β-unsaturated/α-hetero) is 1. The minimum absolute atomic E-state index is 0.212. The number of ether oxygens (including phenoxy) is 2. The second kappa shape index (κ2) is 8.68. The Bertz CT molecular complexity index is 1390. The van der Waals surface area contributed by atoms with Crippen molar-refractivity contribution in [3.05, 3.63) is 50.9 Å². The highest BCUT2D eigenvalue weighted by molar-refractivity contribution is 7.20. The number of fused-ring (bicyclic) bond motifs is 2. The van der Waals surface area contributed by atoms with E-state index in [1.807, 2.05) is 0 Å². The number of nitrogens with zero attached hydrogens (tertiary/aromatic N) is 3. The molecule has 0 N–H and O–H groups in total. The molecular formula is C24H25N3O6S. The van der Waals surface area contributed by atoms with Gasteiger partial charge in [0.15, 0.2) is 11.9 Å². The highest BCUT2D eigenvalue weighted by Gasteiger charge is 2.30. The molecule has 2 atom stereocenters. The van der Waals surface area contributed by atoms with E-state index < -0.39 is 23.7 Å². The monoisotopic (exact) mass is 483 g/mol. The van der Waals surface area contributed by atoms with Crippen molar-refractivity contribution in [3.63, 3.8) is 0 Å². The number of anilines is 1. The first-order chi connectivity index (χ1) is 16.0. The summed E-state index contributed by atoms with van der Waals surface area (Å²) in [6, 6.07) is 3.98. The molecule has 1 aliphatic heterocycles. The quantitative estimate of drug-likeness (QED) is 0.404. The molecule has 0 fully saturated rings. The van der Waals surface area contributed by atoms with Crippen molar-refractivity contribution >= 4 is 44.9 Å². The average Bonchev–Trinajstić information content (AvgIpc) is 3.13. The van der Waals surface area contributed by atoms with Crippen LogP contribution in [0.2, 0.25) is 0 Å². The molecular weight excluding hydrogens is 458 g/mol. The van der Waals surface area contributed by atoms with Crippen LogP contribution in [0.3, 0.4) is 0 Å². The van der Waals surface area contributed by atoms with Crippen molar-refractivity contribution in [2.75, 3.05) is 11.9 Å². The van der Waals surface area contributed by atoms with E-state index in [1.165, 1.54) is 15.8 Å². The van der Waals surface area contributed by atoms with Crippen LogP contribution >= 0.6 is 11.3 Å². The third-order valence-electron chi connectivity index (χ3n) is 5.79. The molecule has 0 aliphatic carbocycles. The number of hydrogen-bond donors (Lipinski definition) is 0. The molecule has 9 nitrogen and oxygen atoms in total. The summed E-state index contributed by atoms with van der Waals surface area (Å²) >= 11 is 1.09. The Morgan fingerprint density at radius 3 is 2.59 bits per heavy atom. The molecule has 2 unspecified atom stereocenters. The van der Waals surface area contributed by atoms with E-state index in [9.17, 15) is 19.2 Å². The molecule has 4 rings (SSSR count). The van der Waals surface area contributed by atoms with Gasteiger partial charge in [-0.15, -0.1) is 11.3 Å². The van der Waals surface area contributed by atoms with Crippen LogP contribution in [0, 0.1) is 6.92 Å². The number of carbonyl (C=O) groups excluding carboxylic acids is 3. The number of hydrogen-bond acceptors (Lipinski definition) is 8. The first kappa shape index (κ1) is 23.6. The van der Waals surface area contributed by atoms with Gasteiger partial charge < -0.3 is 14.4 Å². The normalized spacial score (nSPS) is 16.4. The van der Waals surface area contributed by atoms with Crippen LogP contribution < -0.4 is 15.2 Å². The predicted molar refractivity (Wildman–Crippen MR) is 128 cm³/mol. The van der Waals surface area contributed by atoms with Crippen molar-refractivity contribution in [1.29, 1.82) is 0 Å². The zero-order valence-corrected chi connectivity index (χ0v) is 20.6. The van der Waals surface area contributed by atoms with Gasteiger partial charge in [-0.3, -0.25) is 19.0 Å².